The lowest BCUT2D eigenvalue weighted by Crippen LogP contribution is -2.48. The van der Waals surface area contributed by atoms with E-state index in [1.165, 1.54) is 19.3 Å². The SMILES string of the molecule is Clc1cccc(CN=NC2=Nc3cccc(Br)c3NC23CCCCC3)c1. The summed E-state index contributed by atoms with van der Waals surface area (Å²) in [4.78, 5) is 4.87. The van der Waals surface area contributed by atoms with Crippen molar-refractivity contribution in [2.24, 2.45) is 15.2 Å². The van der Waals surface area contributed by atoms with E-state index in [1.807, 2.05) is 42.5 Å². The summed E-state index contributed by atoms with van der Waals surface area (Å²) in [5.41, 5.74) is 2.80. The zero-order valence-corrected chi connectivity index (χ0v) is 16.7. The highest BCUT2D eigenvalue weighted by Crippen LogP contribution is 2.44. The fourth-order valence-electron chi connectivity index (χ4n) is 3.69. The Kier molecular flexibility index (Phi) is 5.09. The van der Waals surface area contributed by atoms with Crippen molar-refractivity contribution in [2.45, 2.75) is 44.2 Å². The normalized spacial score (nSPS) is 18.5. The smallest absolute Gasteiger partial charge is 0.176 e. The molecule has 1 saturated carbocycles. The van der Waals surface area contributed by atoms with Crippen molar-refractivity contribution in [3.05, 3.63) is 57.5 Å². The first kappa shape index (κ1) is 17.7. The number of fused-ring (bicyclic) bond motifs is 1. The number of hydrogen-bond donors (Lipinski definition) is 1. The summed E-state index contributed by atoms with van der Waals surface area (Å²) in [5.74, 6) is 0.796. The number of rotatable bonds is 2. The van der Waals surface area contributed by atoms with E-state index in [-0.39, 0.29) is 5.54 Å². The molecule has 1 aliphatic heterocycles. The van der Waals surface area contributed by atoms with Crippen molar-refractivity contribution >= 4 is 44.7 Å². The summed E-state index contributed by atoms with van der Waals surface area (Å²) in [6, 6.07) is 13.8. The van der Waals surface area contributed by atoms with E-state index in [1.54, 1.807) is 0 Å². The lowest BCUT2D eigenvalue weighted by atomic mass is 9.79. The molecule has 0 aromatic heterocycles. The lowest BCUT2D eigenvalue weighted by molar-refractivity contribution is 0.401. The highest BCUT2D eigenvalue weighted by molar-refractivity contribution is 9.10. The van der Waals surface area contributed by atoms with Crippen molar-refractivity contribution in [3.63, 3.8) is 0 Å². The van der Waals surface area contributed by atoms with Crippen molar-refractivity contribution in [1.82, 2.24) is 0 Å². The first-order chi connectivity index (χ1) is 12.7. The second kappa shape index (κ2) is 7.49. The van der Waals surface area contributed by atoms with Gasteiger partial charge in [0, 0.05) is 9.50 Å². The first-order valence-electron chi connectivity index (χ1n) is 8.94. The Labute approximate surface area is 166 Å². The Morgan fingerprint density at radius 2 is 1.92 bits per heavy atom. The molecule has 2 aliphatic rings. The number of nitrogens with zero attached hydrogens (tertiary/aromatic N) is 3. The van der Waals surface area contributed by atoms with Crippen LogP contribution in [0.4, 0.5) is 11.4 Å². The summed E-state index contributed by atoms with van der Waals surface area (Å²) < 4.78 is 1.04. The third-order valence-electron chi connectivity index (χ3n) is 5.03. The van der Waals surface area contributed by atoms with Gasteiger partial charge < -0.3 is 5.32 Å². The molecule has 2 aromatic carbocycles. The summed E-state index contributed by atoms with van der Waals surface area (Å²) in [7, 11) is 0. The molecule has 0 saturated heterocycles. The topological polar surface area (TPSA) is 49.1 Å². The maximum Gasteiger partial charge on any atom is 0.176 e. The number of nitrogens with one attached hydrogen (secondary N) is 1. The Morgan fingerprint density at radius 1 is 1.12 bits per heavy atom. The third-order valence-corrected chi connectivity index (χ3v) is 5.92. The van der Waals surface area contributed by atoms with E-state index in [0.717, 1.165) is 45.1 Å². The van der Waals surface area contributed by atoms with Crippen LogP contribution in [-0.2, 0) is 6.54 Å². The van der Waals surface area contributed by atoms with E-state index in [0.29, 0.717) is 6.54 Å². The number of anilines is 1. The Balaban J connectivity index is 1.65. The van der Waals surface area contributed by atoms with Gasteiger partial charge in [0.2, 0.25) is 0 Å². The largest absolute Gasteiger partial charge is 0.370 e. The third kappa shape index (κ3) is 3.55. The molecule has 1 heterocycles. The van der Waals surface area contributed by atoms with Crippen LogP contribution in [0.1, 0.15) is 37.7 Å². The average molecular weight is 432 g/mol. The molecular formula is C20H20BrClN4. The maximum atomic E-state index is 6.05. The van der Waals surface area contributed by atoms with Crippen LogP contribution >= 0.6 is 27.5 Å². The maximum absolute atomic E-state index is 6.05. The van der Waals surface area contributed by atoms with Crippen molar-refractivity contribution in [1.29, 1.82) is 0 Å². The van der Waals surface area contributed by atoms with Gasteiger partial charge in [0.1, 0.15) is 0 Å². The molecular weight excluding hydrogens is 412 g/mol. The van der Waals surface area contributed by atoms with Gasteiger partial charge in [-0.1, -0.05) is 49.1 Å². The van der Waals surface area contributed by atoms with Gasteiger partial charge in [0.25, 0.3) is 0 Å². The molecule has 4 rings (SSSR count). The summed E-state index contributed by atoms with van der Waals surface area (Å²) in [5, 5.41) is 13.5. The van der Waals surface area contributed by atoms with Crippen molar-refractivity contribution in [2.75, 3.05) is 5.32 Å². The van der Waals surface area contributed by atoms with E-state index >= 15 is 0 Å². The average Bonchev–Trinajstić information content (AvgIpc) is 2.64. The quantitative estimate of drug-likeness (QED) is 0.516. The van der Waals surface area contributed by atoms with Crippen LogP contribution in [-0.4, -0.2) is 11.4 Å². The highest BCUT2D eigenvalue weighted by Gasteiger charge is 2.41. The minimum absolute atomic E-state index is 0.215. The van der Waals surface area contributed by atoms with E-state index in [9.17, 15) is 0 Å². The highest BCUT2D eigenvalue weighted by atomic mass is 79.9. The van der Waals surface area contributed by atoms with Crippen LogP contribution in [0.5, 0.6) is 0 Å². The Morgan fingerprint density at radius 3 is 2.73 bits per heavy atom. The van der Waals surface area contributed by atoms with Gasteiger partial charge in [-0.3, -0.25) is 0 Å². The first-order valence-corrected chi connectivity index (χ1v) is 10.1. The minimum atomic E-state index is -0.215. The number of para-hydroxylation sites is 1. The van der Waals surface area contributed by atoms with Crippen LogP contribution in [0.3, 0.4) is 0 Å². The Bertz CT molecular complexity index is 872. The van der Waals surface area contributed by atoms with E-state index in [4.69, 9.17) is 16.6 Å². The molecule has 0 atom stereocenters. The molecule has 134 valence electrons. The van der Waals surface area contributed by atoms with Gasteiger partial charge in [-0.05, 0) is 58.6 Å². The summed E-state index contributed by atoms with van der Waals surface area (Å²) >= 11 is 9.69. The van der Waals surface area contributed by atoms with Gasteiger partial charge >= 0.3 is 0 Å². The minimum Gasteiger partial charge on any atom is -0.370 e. The fraction of sp³-hybridized carbons (Fsp3) is 0.350. The van der Waals surface area contributed by atoms with Crippen LogP contribution in [0.2, 0.25) is 5.02 Å². The number of hydrogen-bond acceptors (Lipinski definition) is 4. The van der Waals surface area contributed by atoms with Gasteiger partial charge in [-0.15, -0.1) is 5.11 Å². The molecule has 0 radical (unpaired) electrons. The second-order valence-electron chi connectivity index (χ2n) is 6.87. The monoisotopic (exact) mass is 430 g/mol. The molecule has 0 bridgehead atoms. The lowest BCUT2D eigenvalue weighted by Gasteiger charge is -2.40. The fourth-order valence-corrected chi connectivity index (χ4v) is 4.35. The van der Waals surface area contributed by atoms with Crippen LogP contribution < -0.4 is 5.32 Å². The molecule has 4 nitrogen and oxygen atoms in total. The summed E-state index contributed by atoms with van der Waals surface area (Å²) in [6.45, 7) is 0.501. The van der Waals surface area contributed by atoms with Gasteiger partial charge in [0.15, 0.2) is 5.84 Å². The predicted octanol–water partition coefficient (Wildman–Crippen LogP) is 6.91. The summed E-state index contributed by atoms with van der Waals surface area (Å²) in [6.07, 6.45) is 5.68. The number of aliphatic imine (C=N–C) groups is 1. The molecule has 6 heteroatoms. The van der Waals surface area contributed by atoms with Gasteiger partial charge in [0.05, 0.1) is 23.5 Å². The molecule has 1 aliphatic carbocycles. The van der Waals surface area contributed by atoms with Gasteiger partial charge in [-0.2, -0.15) is 5.11 Å². The zero-order valence-electron chi connectivity index (χ0n) is 14.4. The number of amidine groups is 1. The number of benzene rings is 2. The van der Waals surface area contributed by atoms with E-state index in [2.05, 4.69) is 31.5 Å². The van der Waals surface area contributed by atoms with Crippen LogP contribution in [0.25, 0.3) is 0 Å². The van der Waals surface area contributed by atoms with E-state index < -0.39 is 0 Å². The van der Waals surface area contributed by atoms with Crippen molar-refractivity contribution < 1.29 is 0 Å². The molecule has 1 spiro atoms. The number of azo groups is 1. The number of halogens is 2. The van der Waals surface area contributed by atoms with Crippen molar-refractivity contribution in [3.8, 4) is 0 Å². The molecule has 1 fully saturated rings. The van der Waals surface area contributed by atoms with Gasteiger partial charge in [-0.25, -0.2) is 4.99 Å². The standard InChI is InChI=1S/C20H20BrClN4/c21-16-8-5-9-17-18(16)25-20(10-2-1-3-11-20)19(24-17)26-23-13-14-6-4-7-15(22)12-14/h4-9,12,25H,1-3,10-11,13H2. The molecule has 0 amide bonds. The van der Waals surface area contributed by atoms with Crippen LogP contribution in [0.15, 0.2) is 62.2 Å². The zero-order chi connectivity index (χ0) is 18.0. The molecule has 26 heavy (non-hydrogen) atoms. The predicted molar refractivity (Wildman–Crippen MR) is 111 cm³/mol. The molecule has 0 unspecified atom stereocenters. The molecule has 1 N–H and O–H groups in total. The molecule has 2 aromatic rings. The second-order valence-corrected chi connectivity index (χ2v) is 8.16. The Hall–Kier alpha value is -1.72. The van der Waals surface area contributed by atoms with Crippen LogP contribution in [0, 0.1) is 0 Å².